The molecule has 0 N–H and O–H groups in total. The van der Waals surface area contributed by atoms with Gasteiger partial charge < -0.3 is 4.33 Å². The summed E-state index contributed by atoms with van der Waals surface area (Å²) in [7, 11) is 2.89. The molecule has 1 nitrogen and oxygen atoms in total. The standard InChI is InChI=1S/C15H29NP2/c1-13(2,3)10-16-11(14(4,5)6)17-12(18-16)15(7,8)9/h10H2,1-9H3. The van der Waals surface area contributed by atoms with Gasteiger partial charge in [-0.25, -0.2) is 0 Å². The van der Waals surface area contributed by atoms with Crippen LogP contribution in [0.5, 0.6) is 0 Å². The molecule has 0 aliphatic heterocycles. The summed E-state index contributed by atoms with van der Waals surface area (Å²) in [5.74, 6) is 0. The Morgan fingerprint density at radius 3 is 1.67 bits per heavy atom. The van der Waals surface area contributed by atoms with E-state index >= 15 is 0 Å². The van der Waals surface area contributed by atoms with Crippen molar-refractivity contribution in [2.45, 2.75) is 79.7 Å². The van der Waals surface area contributed by atoms with E-state index in [0.29, 0.717) is 10.8 Å². The second kappa shape index (κ2) is 4.92. The summed E-state index contributed by atoms with van der Waals surface area (Å²) in [6.45, 7) is 22.2. The zero-order valence-corrected chi connectivity index (χ0v) is 15.3. The van der Waals surface area contributed by atoms with E-state index < -0.39 is 0 Å². The molecule has 0 saturated carbocycles. The first-order chi connectivity index (χ1) is 7.81. The molecule has 18 heavy (non-hydrogen) atoms. The maximum Gasteiger partial charge on any atom is 0.0547 e. The molecule has 0 saturated heterocycles. The summed E-state index contributed by atoms with van der Waals surface area (Å²) in [5, 5.41) is 1.64. The van der Waals surface area contributed by atoms with Gasteiger partial charge >= 0.3 is 0 Å². The highest BCUT2D eigenvalue weighted by molar-refractivity contribution is 7.47. The Kier molecular flexibility index (Phi) is 4.42. The molecular formula is C15H29NP2. The predicted octanol–water partition coefficient (Wildman–Crippen LogP) is 6.29. The quantitative estimate of drug-likeness (QED) is 0.571. The van der Waals surface area contributed by atoms with Crippen molar-refractivity contribution in [3.05, 3.63) is 10.5 Å². The number of nitrogens with zero attached hydrogens (tertiary/aromatic N) is 1. The number of aromatic nitrogens is 1. The molecular weight excluding hydrogens is 256 g/mol. The molecule has 1 aromatic heterocycles. The smallest absolute Gasteiger partial charge is 0.0547 e. The van der Waals surface area contributed by atoms with E-state index in [1.165, 1.54) is 16.5 Å². The van der Waals surface area contributed by atoms with Crippen LogP contribution in [0.15, 0.2) is 0 Å². The fourth-order valence-electron chi connectivity index (χ4n) is 1.77. The molecule has 0 aromatic carbocycles. The summed E-state index contributed by atoms with van der Waals surface area (Å²) in [4.78, 5) is 0. The highest BCUT2D eigenvalue weighted by Crippen LogP contribution is 2.45. The van der Waals surface area contributed by atoms with Crippen LogP contribution in [0.25, 0.3) is 0 Å². The lowest BCUT2D eigenvalue weighted by molar-refractivity contribution is 0.345. The lowest BCUT2D eigenvalue weighted by Crippen LogP contribution is -2.20. The zero-order valence-electron chi connectivity index (χ0n) is 13.5. The van der Waals surface area contributed by atoms with Crippen molar-refractivity contribution in [1.29, 1.82) is 0 Å². The van der Waals surface area contributed by atoms with Gasteiger partial charge in [0.05, 0.1) is 5.43 Å². The lowest BCUT2D eigenvalue weighted by atomic mass is 9.95. The Labute approximate surface area is 117 Å². The van der Waals surface area contributed by atoms with Crippen molar-refractivity contribution >= 4 is 16.5 Å². The van der Waals surface area contributed by atoms with E-state index in [1.807, 2.05) is 0 Å². The summed E-state index contributed by atoms with van der Waals surface area (Å²) in [6, 6.07) is 0. The minimum atomic E-state index is 0.271. The first kappa shape index (κ1) is 16.2. The van der Waals surface area contributed by atoms with Crippen LogP contribution in [0.1, 0.15) is 72.8 Å². The second-order valence-corrected chi connectivity index (χ2v) is 11.1. The molecule has 0 radical (unpaired) electrons. The molecule has 104 valence electrons. The monoisotopic (exact) mass is 285 g/mol. The Morgan fingerprint density at radius 1 is 0.833 bits per heavy atom. The Bertz CT molecular complexity index is 411. The molecule has 1 aromatic rings. The molecule has 0 atom stereocenters. The third kappa shape index (κ3) is 4.36. The Hall–Kier alpha value is 0.140. The summed E-state index contributed by atoms with van der Waals surface area (Å²) >= 11 is 0. The molecule has 0 spiro atoms. The van der Waals surface area contributed by atoms with Crippen LogP contribution in [-0.2, 0) is 17.4 Å². The van der Waals surface area contributed by atoms with Gasteiger partial charge in [-0.15, -0.1) is 0 Å². The number of hydrogen-bond acceptors (Lipinski definition) is 0. The fraction of sp³-hybridized carbons (Fsp3) is 0.867. The highest BCUT2D eigenvalue weighted by atomic mass is 31.1. The molecule has 0 aliphatic carbocycles. The van der Waals surface area contributed by atoms with Crippen molar-refractivity contribution in [2.24, 2.45) is 5.41 Å². The molecule has 1 rings (SSSR count). The maximum atomic E-state index is 2.60. The molecule has 1 heterocycles. The van der Waals surface area contributed by atoms with Crippen LogP contribution in [0.2, 0.25) is 0 Å². The van der Waals surface area contributed by atoms with Crippen LogP contribution in [0.3, 0.4) is 0 Å². The van der Waals surface area contributed by atoms with Gasteiger partial charge in [0, 0.05) is 25.3 Å². The van der Waals surface area contributed by atoms with Gasteiger partial charge in [-0.1, -0.05) is 62.3 Å². The largest absolute Gasteiger partial charge is 0.322 e. The van der Waals surface area contributed by atoms with Gasteiger partial charge in [-0.2, -0.15) is 0 Å². The first-order valence-corrected chi connectivity index (χ1v) is 8.51. The van der Waals surface area contributed by atoms with E-state index in [-0.39, 0.29) is 5.41 Å². The molecule has 0 aliphatic rings. The normalized spacial score (nSPS) is 14.9. The van der Waals surface area contributed by atoms with E-state index in [4.69, 9.17) is 0 Å². The molecule has 3 heteroatoms. The average molecular weight is 285 g/mol. The van der Waals surface area contributed by atoms with Crippen molar-refractivity contribution in [3.8, 4) is 0 Å². The third-order valence-corrected chi connectivity index (χ3v) is 6.81. The highest BCUT2D eigenvalue weighted by Gasteiger charge is 2.27. The summed E-state index contributed by atoms with van der Waals surface area (Å²) in [5.41, 5.74) is 2.52. The first-order valence-electron chi connectivity index (χ1n) is 6.76. The fourth-order valence-corrected chi connectivity index (χ4v) is 5.31. The van der Waals surface area contributed by atoms with Crippen molar-refractivity contribution in [3.63, 3.8) is 0 Å². The SMILES string of the molecule is CC(C)(C)Cn1pc(C(C)(C)C)pc1C(C)(C)C. The Morgan fingerprint density at radius 2 is 1.33 bits per heavy atom. The number of rotatable bonds is 1. The van der Waals surface area contributed by atoms with Crippen molar-refractivity contribution < 1.29 is 0 Å². The van der Waals surface area contributed by atoms with Crippen LogP contribution >= 0.6 is 16.5 Å². The van der Waals surface area contributed by atoms with Gasteiger partial charge in [0.25, 0.3) is 0 Å². The molecule has 0 fully saturated rings. The van der Waals surface area contributed by atoms with Crippen LogP contribution < -0.4 is 0 Å². The van der Waals surface area contributed by atoms with Crippen LogP contribution in [0, 0.1) is 5.41 Å². The summed E-state index contributed by atoms with van der Waals surface area (Å²) < 4.78 is 2.60. The van der Waals surface area contributed by atoms with Crippen LogP contribution in [0.4, 0.5) is 0 Å². The van der Waals surface area contributed by atoms with Gasteiger partial charge in [0.15, 0.2) is 0 Å². The van der Waals surface area contributed by atoms with Crippen molar-refractivity contribution in [2.75, 3.05) is 0 Å². The van der Waals surface area contributed by atoms with E-state index in [0.717, 1.165) is 6.54 Å². The van der Waals surface area contributed by atoms with Gasteiger partial charge in [0.1, 0.15) is 0 Å². The minimum Gasteiger partial charge on any atom is -0.322 e. The lowest BCUT2D eigenvalue weighted by Gasteiger charge is -2.25. The van der Waals surface area contributed by atoms with Crippen LogP contribution in [-0.4, -0.2) is 4.33 Å². The van der Waals surface area contributed by atoms with E-state index in [2.05, 4.69) is 66.6 Å². The molecule has 0 unspecified atom stereocenters. The summed E-state index contributed by atoms with van der Waals surface area (Å²) in [6.07, 6.45) is 0. The predicted molar refractivity (Wildman–Crippen MR) is 86.3 cm³/mol. The molecule has 0 amide bonds. The maximum absolute atomic E-state index is 2.60. The van der Waals surface area contributed by atoms with E-state index in [9.17, 15) is 0 Å². The van der Waals surface area contributed by atoms with Gasteiger partial charge in [-0.3, -0.25) is 0 Å². The zero-order chi connectivity index (χ0) is 14.4. The van der Waals surface area contributed by atoms with Gasteiger partial charge in [-0.05, 0) is 19.0 Å². The van der Waals surface area contributed by atoms with E-state index in [1.54, 1.807) is 10.5 Å². The van der Waals surface area contributed by atoms with Crippen molar-refractivity contribution in [1.82, 2.24) is 4.33 Å². The average Bonchev–Trinajstić information content (AvgIpc) is 2.42. The minimum absolute atomic E-state index is 0.271. The topological polar surface area (TPSA) is 4.93 Å². The second-order valence-electron chi connectivity index (χ2n) is 8.48. The number of hydrogen-bond donors (Lipinski definition) is 0. The molecule has 0 bridgehead atoms. The van der Waals surface area contributed by atoms with Gasteiger partial charge in [0.2, 0.25) is 0 Å². The Balaban J connectivity index is 3.27. The third-order valence-electron chi connectivity index (χ3n) is 2.64.